The van der Waals surface area contributed by atoms with Crippen LogP contribution in [-0.4, -0.2) is 10.8 Å². The predicted molar refractivity (Wildman–Crippen MR) is 77.6 cm³/mol. The van der Waals surface area contributed by atoms with Crippen LogP contribution in [-0.2, 0) is 0 Å². The van der Waals surface area contributed by atoms with Crippen LogP contribution in [0, 0.1) is 6.92 Å². The van der Waals surface area contributed by atoms with Crippen molar-refractivity contribution in [3.8, 4) is 11.6 Å². The standard InChI is InChI=1S/C14H13BrN2O2/c1-8-5-6-17-14(13(8)15)19-12-4-3-10(16)7-11(12)9(2)18/h3-7H,16H2,1-2H3. The van der Waals surface area contributed by atoms with Crippen LogP contribution in [0.5, 0.6) is 11.6 Å². The molecule has 0 aliphatic carbocycles. The fourth-order valence-electron chi connectivity index (χ4n) is 1.60. The molecule has 98 valence electrons. The summed E-state index contributed by atoms with van der Waals surface area (Å²) in [5, 5.41) is 0. The molecule has 0 unspecified atom stereocenters. The Morgan fingerprint density at radius 1 is 1.37 bits per heavy atom. The van der Waals surface area contributed by atoms with Gasteiger partial charge in [-0.05, 0) is 59.6 Å². The summed E-state index contributed by atoms with van der Waals surface area (Å²) >= 11 is 3.42. The van der Waals surface area contributed by atoms with Crippen molar-refractivity contribution < 1.29 is 9.53 Å². The number of benzene rings is 1. The third kappa shape index (κ3) is 2.93. The van der Waals surface area contributed by atoms with Gasteiger partial charge in [0.05, 0.1) is 10.0 Å². The van der Waals surface area contributed by atoms with Gasteiger partial charge in [0.2, 0.25) is 5.88 Å². The molecule has 0 saturated carbocycles. The van der Waals surface area contributed by atoms with Crippen molar-refractivity contribution in [1.29, 1.82) is 0 Å². The second-order valence-electron chi connectivity index (χ2n) is 4.16. The van der Waals surface area contributed by atoms with Gasteiger partial charge in [0.15, 0.2) is 5.78 Å². The van der Waals surface area contributed by atoms with Gasteiger partial charge in [0.1, 0.15) is 5.75 Å². The highest BCUT2D eigenvalue weighted by Gasteiger charge is 2.13. The minimum atomic E-state index is -0.105. The second-order valence-corrected chi connectivity index (χ2v) is 4.95. The molecule has 1 aromatic heterocycles. The molecule has 4 nitrogen and oxygen atoms in total. The average Bonchev–Trinajstić information content (AvgIpc) is 2.36. The van der Waals surface area contributed by atoms with E-state index in [0.717, 1.165) is 10.0 Å². The number of pyridine rings is 1. The van der Waals surface area contributed by atoms with Crippen LogP contribution in [0.1, 0.15) is 22.8 Å². The van der Waals surface area contributed by atoms with Gasteiger partial charge in [-0.3, -0.25) is 4.79 Å². The summed E-state index contributed by atoms with van der Waals surface area (Å²) in [4.78, 5) is 15.7. The number of hydrogen-bond donors (Lipinski definition) is 1. The Kier molecular flexibility index (Phi) is 3.85. The number of halogens is 1. The lowest BCUT2D eigenvalue weighted by atomic mass is 10.1. The molecule has 0 spiro atoms. The molecule has 0 radical (unpaired) electrons. The molecule has 0 atom stereocenters. The van der Waals surface area contributed by atoms with Crippen LogP contribution in [0.2, 0.25) is 0 Å². The molecular formula is C14H13BrN2O2. The number of carbonyl (C=O) groups excluding carboxylic acids is 1. The Morgan fingerprint density at radius 2 is 2.11 bits per heavy atom. The van der Waals surface area contributed by atoms with Crippen LogP contribution in [0.15, 0.2) is 34.9 Å². The second kappa shape index (κ2) is 5.40. The number of Topliss-reactive ketones (excluding diaryl/α,β-unsaturated/α-hetero) is 1. The fourth-order valence-corrected chi connectivity index (χ4v) is 1.92. The van der Waals surface area contributed by atoms with Gasteiger partial charge in [-0.1, -0.05) is 0 Å². The zero-order valence-corrected chi connectivity index (χ0v) is 12.2. The summed E-state index contributed by atoms with van der Waals surface area (Å²) in [6.45, 7) is 3.41. The molecule has 0 aliphatic rings. The third-order valence-corrected chi connectivity index (χ3v) is 3.60. The van der Waals surface area contributed by atoms with E-state index in [1.165, 1.54) is 6.92 Å². The average molecular weight is 321 g/mol. The van der Waals surface area contributed by atoms with Crippen molar-refractivity contribution in [3.05, 3.63) is 46.1 Å². The lowest BCUT2D eigenvalue weighted by molar-refractivity contribution is 0.101. The molecule has 1 heterocycles. The Labute approximate surface area is 119 Å². The third-order valence-electron chi connectivity index (χ3n) is 2.64. The molecule has 19 heavy (non-hydrogen) atoms. The molecule has 0 aliphatic heterocycles. The highest BCUT2D eigenvalue weighted by atomic mass is 79.9. The number of carbonyl (C=O) groups is 1. The number of hydrogen-bond acceptors (Lipinski definition) is 4. The van der Waals surface area contributed by atoms with E-state index in [1.807, 2.05) is 13.0 Å². The Bertz CT molecular complexity index is 641. The molecule has 2 aromatic rings. The monoisotopic (exact) mass is 320 g/mol. The molecule has 1 aromatic carbocycles. The van der Waals surface area contributed by atoms with E-state index >= 15 is 0 Å². The van der Waals surface area contributed by atoms with Crippen molar-refractivity contribution >= 4 is 27.4 Å². The fraction of sp³-hybridized carbons (Fsp3) is 0.143. The number of ketones is 1. The lowest BCUT2D eigenvalue weighted by Crippen LogP contribution is -2.00. The predicted octanol–water partition coefficient (Wildman–Crippen LogP) is 3.73. The number of ether oxygens (including phenoxy) is 1. The first-order valence-corrected chi connectivity index (χ1v) is 6.47. The van der Waals surface area contributed by atoms with Crippen molar-refractivity contribution in [1.82, 2.24) is 4.98 Å². The van der Waals surface area contributed by atoms with Crippen LogP contribution in [0.25, 0.3) is 0 Å². The maximum Gasteiger partial charge on any atom is 0.233 e. The van der Waals surface area contributed by atoms with Gasteiger partial charge >= 0.3 is 0 Å². The number of aromatic nitrogens is 1. The summed E-state index contributed by atoms with van der Waals surface area (Å²) in [5.74, 6) is 0.763. The molecule has 0 amide bonds. The van der Waals surface area contributed by atoms with Crippen LogP contribution in [0.3, 0.4) is 0 Å². The maximum absolute atomic E-state index is 11.6. The first-order valence-electron chi connectivity index (χ1n) is 5.68. The van der Waals surface area contributed by atoms with Crippen molar-refractivity contribution in [3.63, 3.8) is 0 Å². The number of nitrogen functional groups attached to an aromatic ring is 1. The van der Waals surface area contributed by atoms with Gasteiger partial charge in [-0.15, -0.1) is 0 Å². The van der Waals surface area contributed by atoms with Gasteiger partial charge in [0.25, 0.3) is 0 Å². The van der Waals surface area contributed by atoms with Gasteiger partial charge in [-0.25, -0.2) is 4.98 Å². The number of anilines is 1. The van der Waals surface area contributed by atoms with E-state index in [4.69, 9.17) is 10.5 Å². The van der Waals surface area contributed by atoms with Gasteiger partial charge in [0, 0.05) is 11.9 Å². The molecule has 2 rings (SSSR count). The van der Waals surface area contributed by atoms with E-state index in [-0.39, 0.29) is 5.78 Å². The van der Waals surface area contributed by atoms with E-state index in [0.29, 0.717) is 22.9 Å². The quantitative estimate of drug-likeness (QED) is 0.691. The first-order chi connectivity index (χ1) is 8.99. The van der Waals surface area contributed by atoms with Crippen LogP contribution >= 0.6 is 15.9 Å². The molecule has 2 N–H and O–H groups in total. The summed E-state index contributed by atoms with van der Waals surface area (Å²) < 4.78 is 6.47. The highest BCUT2D eigenvalue weighted by molar-refractivity contribution is 9.10. The van der Waals surface area contributed by atoms with Crippen molar-refractivity contribution in [2.24, 2.45) is 0 Å². The van der Waals surface area contributed by atoms with Crippen molar-refractivity contribution in [2.45, 2.75) is 13.8 Å². The van der Waals surface area contributed by atoms with Gasteiger partial charge < -0.3 is 10.5 Å². The van der Waals surface area contributed by atoms with E-state index in [1.54, 1.807) is 24.4 Å². The smallest absolute Gasteiger partial charge is 0.233 e. The number of nitrogens with zero attached hydrogens (tertiary/aromatic N) is 1. The Morgan fingerprint density at radius 3 is 2.79 bits per heavy atom. The summed E-state index contributed by atoms with van der Waals surface area (Å²) in [7, 11) is 0. The largest absolute Gasteiger partial charge is 0.437 e. The first kappa shape index (κ1) is 13.5. The zero-order chi connectivity index (χ0) is 14.0. The number of aryl methyl sites for hydroxylation is 1. The SMILES string of the molecule is CC(=O)c1cc(N)ccc1Oc1nccc(C)c1Br. The Balaban J connectivity index is 2.44. The molecule has 0 bridgehead atoms. The van der Waals surface area contributed by atoms with Gasteiger partial charge in [-0.2, -0.15) is 0 Å². The highest BCUT2D eigenvalue weighted by Crippen LogP contribution is 2.32. The summed E-state index contributed by atoms with van der Waals surface area (Å²) in [6.07, 6.45) is 1.65. The maximum atomic E-state index is 11.6. The molecule has 5 heteroatoms. The van der Waals surface area contributed by atoms with Crippen LogP contribution in [0.4, 0.5) is 5.69 Å². The minimum Gasteiger partial charge on any atom is -0.437 e. The lowest BCUT2D eigenvalue weighted by Gasteiger charge is -2.11. The molecule has 0 fully saturated rings. The van der Waals surface area contributed by atoms with E-state index in [9.17, 15) is 4.79 Å². The minimum absolute atomic E-state index is 0.105. The number of rotatable bonds is 3. The molecule has 0 saturated heterocycles. The summed E-state index contributed by atoms with van der Waals surface area (Å²) in [6, 6.07) is 6.82. The normalized spacial score (nSPS) is 10.3. The molecular weight excluding hydrogens is 308 g/mol. The van der Waals surface area contributed by atoms with E-state index < -0.39 is 0 Å². The van der Waals surface area contributed by atoms with Crippen LogP contribution < -0.4 is 10.5 Å². The number of nitrogens with two attached hydrogens (primary N) is 1. The Hall–Kier alpha value is -1.88. The zero-order valence-electron chi connectivity index (χ0n) is 10.6. The van der Waals surface area contributed by atoms with Crippen molar-refractivity contribution in [2.75, 3.05) is 5.73 Å². The topological polar surface area (TPSA) is 65.2 Å². The summed E-state index contributed by atoms with van der Waals surface area (Å²) in [5.41, 5.74) is 7.65. The van der Waals surface area contributed by atoms with E-state index in [2.05, 4.69) is 20.9 Å².